The predicted octanol–water partition coefficient (Wildman–Crippen LogP) is 13.4. The standard InChI is InChI=1S/C53H32N6S/c54-31-33-22-25-39(38(28-33)32-55)36-23-26-47-44(29-36)41-16-7-9-20-46(41)59(47)48-27-24-37(40-18-11-19-43-42-17-8-10-21-49(42)60-50(40)43)30-45(48)53-57-51(34-12-3-1-4-13-34)56-52(58-53)35-14-5-2-6-15-35/h1-21,23-30,33H,22H2. The van der Waals surface area contributed by atoms with Gasteiger partial charge in [-0.05, 0) is 71.2 Å². The molecule has 6 nitrogen and oxygen atoms in total. The van der Waals surface area contributed by atoms with Crippen LogP contribution < -0.4 is 0 Å². The van der Waals surface area contributed by atoms with Crippen LogP contribution in [0, 0.1) is 28.6 Å². The number of fused-ring (bicyclic) bond motifs is 6. The third kappa shape index (κ3) is 5.88. The minimum absolute atomic E-state index is 0.304. The van der Waals surface area contributed by atoms with Crippen molar-refractivity contribution in [2.24, 2.45) is 5.92 Å². The van der Waals surface area contributed by atoms with Gasteiger partial charge >= 0.3 is 0 Å². The van der Waals surface area contributed by atoms with E-state index in [4.69, 9.17) is 15.0 Å². The second-order valence-electron chi connectivity index (χ2n) is 14.9. The highest BCUT2D eigenvalue weighted by molar-refractivity contribution is 7.26. The number of hydrogen-bond donors (Lipinski definition) is 0. The van der Waals surface area contributed by atoms with Crippen LogP contribution in [-0.4, -0.2) is 19.5 Å². The molecule has 7 heteroatoms. The molecule has 0 bridgehead atoms. The Hall–Kier alpha value is -7.97. The first-order valence-electron chi connectivity index (χ1n) is 19.8. The molecule has 0 saturated heterocycles. The highest BCUT2D eigenvalue weighted by Gasteiger charge is 2.23. The van der Waals surface area contributed by atoms with E-state index in [1.54, 1.807) is 6.08 Å². The molecular formula is C53H32N6S. The van der Waals surface area contributed by atoms with Gasteiger partial charge in [-0.3, -0.25) is 0 Å². The molecule has 0 aliphatic heterocycles. The summed E-state index contributed by atoms with van der Waals surface area (Å²) in [6, 6.07) is 61.5. The fraction of sp³-hybridized carbons (Fsp3) is 0.0377. The van der Waals surface area contributed by atoms with E-state index < -0.39 is 0 Å². The summed E-state index contributed by atoms with van der Waals surface area (Å²) in [5.74, 6) is 1.44. The monoisotopic (exact) mass is 784 g/mol. The molecule has 0 radical (unpaired) electrons. The molecule has 1 aliphatic carbocycles. The fourth-order valence-electron chi connectivity index (χ4n) is 8.56. The van der Waals surface area contributed by atoms with Gasteiger partial charge in [0.15, 0.2) is 17.5 Å². The molecular weight excluding hydrogens is 753 g/mol. The van der Waals surface area contributed by atoms with Crippen molar-refractivity contribution in [3.63, 3.8) is 0 Å². The van der Waals surface area contributed by atoms with Gasteiger partial charge in [0.2, 0.25) is 0 Å². The lowest BCUT2D eigenvalue weighted by atomic mass is 9.87. The minimum Gasteiger partial charge on any atom is -0.309 e. The van der Waals surface area contributed by atoms with Crippen LogP contribution in [0.25, 0.3) is 98.5 Å². The lowest BCUT2D eigenvalue weighted by Gasteiger charge is -2.17. The molecule has 0 saturated carbocycles. The fourth-order valence-corrected chi connectivity index (χ4v) is 9.79. The topological polar surface area (TPSA) is 91.2 Å². The largest absolute Gasteiger partial charge is 0.309 e. The maximum absolute atomic E-state index is 10.1. The number of allylic oxidation sites excluding steroid dienone is 4. The summed E-state index contributed by atoms with van der Waals surface area (Å²) in [5.41, 5.74) is 10.2. The lowest BCUT2D eigenvalue weighted by molar-refractivity contribution is 0.835. The SMILES string of the molecule is N#CC1=CC(C#N)CC=C1c1ccc2c(c1)c1ccccc1n2-c1ccc(-c2cccc3c2sc2ccccc23)cc1-c1nc(-c2ccccc2)nc(-c2ccccc2)n1. The van der Waals surface area contributed by atoms with Crippen LogP contribution in [0.2, 0.25) is 0 Å². The second-order valence-corrected chi connectivity index (χ2v) is 16.0. The van der Waals surface area contributed by atoms with Crippen molar-refractivity contribution in [3.05, 3.63) is 187 Å². The summed E-state index contributed by atoms with van der Waals surface area (Å²) in [4.78, 5) is 15.6. The van der Waals surface area contributed by atoms with Crippen molar-refractivity contribution in [3.8, 4) is 63.1 Å². The van der Waals surface area contributed by atoms with Gasteiger partial charge in [-0.1, -0.05) is 133 Å². The molecule has 0 fully saturated rings. The van der Waals surface area contributed by atoms with Gasteiger partial charge in [-0.25, -0.2) is 15.0 Å². The van der Waals surface area contributed by atoms with Gasteiger partial charge in [0.05, 0.1) is 40.4 Å². The Morgan fingerprint density at radius 3 is 1.93 bits per heavy atom. The molecule has 0 N–H and O–H groups in total. The van der Waals surface area contributed by atoms with E-state index in [1.807, 2.05) is 78.1 Å². The summed E-state index contributed by atoms with van der Waals surface area (Å²) in [7, 11) is 0. The number of aromatic nitrogens is 4. The number of hydrogen-bond acceptors (Lipinski definition) is 6. The van der Waals surface area contributed by atoms with E-state index >= 15 is 0 Å². The van der Waals surface area contributed by atoms with Crippen LogP contribution in [0.1, 0.15) is 12.0 Å². The Bertz CT molecular complexity index is 3430. The number of rotatable bonds is 6. The Kier molecular flexibility index (Phi) is 8.48. The molecule has 60 heavy (non-hydrogen) atoms. The third-order valence-corrected chi connectivity index (χ3v) is 12.6. The molecule has 0 amide bonds. The molecule has 11 rings (SSSR count). The van der Waals surface area contributed by atoms with Gasteiger partial charge in [-0.2, -0.15) is 10.5 Å². The van der Waals surface area contributed by atoms with Gasteiger partial charge in [-0.15, -0.1) is 11.3 Å². The Balaban J connectivity index is 1.19. The van der Waals surface area contributed by atoms with E-state index in [1.165, 1.54) is 20.2 Å². The van der Waals surface area contributed by atoms with Crippen LogP contribution >= 0.6 is 11.3 Å². The van der Waals surface area contributed by atoms with Crippen LogP contribution in [0.15, 0.2) is 182 Å². The smallest absolute Gasteiger partial charge is 0.166 e. The van der Waals surface area contributed by atoms with E-state index in [9.17, 15) is 10.5 Å². The summed E-state index contributed by atoms with van der Waals surface area (Å²) in [6.45, 7) is 0. The van der Waals surface area contributed by atoms with Crippen molar-refractivity contribution in [2.75, 3.05) is 0 Å². The van der Waals surface area contributed by atoms with Crippen LogP contribution in [0.5, 0.6) is 0 Å². The number of thiophene rings is 1. The molecule has 3 heterocycles. The maximum atomic E-state index is 10.1. The van der Waals surface area contributed by atoms with Crippen molar-refractivity contribution in [1.29, 1.82) is 10.5 Å². The maximum Gasteiger partial charge on any atom is 0.166 e. The quantitative estimate of drug-likeness (QED) is 0.167. The second kappa shape index (κ2) is 14.4. The molecule has 7 aromatic carbocycles. The Morgan fingerprint density at radius 2 is 1.18 bits per heavy atom. The van der Waals surface area contributed by atoms with Gasteiger partial charge in [0.25, 0.3) is 0 Å². The summed E-state index contributed by atoms with van der Waals surface area (Å²) in [6.07, 6.45) is 4.39. The molecule has 1 aliphatic rings. The average Bonchev–Trinajstić information content (AvgIpc) is 3.87. The first-order valence-corrected chi connectivity index (χ1v) is 20.6. The minimum atomic E-state index is -0.304. The molecule has 280 valence electrons. The van der Waals surface area contributed by atoms with Gasteiger partial charge in [0.1, 0.15) is 0 Å². The summed E-state index contributed by atoms with van der Waals surface area (Å²) in [5, 5.41) is 24.3. The zero-order valence-electron chi connectivity index (χ0n) is 32.1. The third-order valence-electron chi connectivity index (χ3n) is 11.4. The molecule has 10 aromatic rings. The number of benzene rings is 7. The zero-order valence-corrected chi connectivity index (χ0v) is 32.9. The zero-order chi connectivity index (χ0) is 40.2. The number of nitriles is 2. The summed E-state index contributed by atoms with van der Waals surface area (Å²) < 4.78 is 4.80. The van der Waals surface area contributed by atoms with E-state index in [-0.39, 0.29) is 5.92 Å². The van der Waals surface area contributed by atoms with Crippen molar-refractivity contribution in [1.82, 2.24) is 19.5 Å². The number of nitrogens with zero attached hydrogens (tertiary/aromatic N) is 6. The highest BCUT2D eigenvalue weighted by atomic mass is 32.1. The predicted molar refractivity (Wildman–Crippen MR) is 244 cm³/mol. The lowest BCUT2D eigenvalue weighted by Crippen LogP contribution is -2.04. The first-order chi connectivity index (χ1) is 29.6. The highest BCUT2D eigenvalue weighted by Crippen LogP contribution is 2.43. The normalized spacial score (nSPS) is 13.9. The van der Waals surface area contributed by atoms with Crippen molar-refractivity contribution < 1.29 is 0 Å². The van der Waals surface area contributed by atoms with E-state index in [2.05, 4.69) is 120 Å². The van der Waals surface area contributed by atoms with Crippen LogP contribution in [0.4, 0.5) is 0 Å². The average molecular weight is 785 g/mol. The van der Waals surface area contributed by atoms with Gasteiger partial charge in [0, 0.05) is 47.6 Å². The number of para-hydroxylation sites is 1. The van der Waals surface area contributed by atoms with Crippen LogP contribution in [0.3, 0.4) is 0 Å². The first kappa shape index (κ1) is 35.2. The van der Waals surface area contributed by atoms with Crippen molar-refractivity contribution in [2.45, 2.75) is 6.42 Å². The Labute approximate surface area is 349 Å². The van der Waals surface area contributed by atoms with E-state index in [0.717, 1.165) is 66.4 Å². The molecule has 1 atom stereocenters. The van der Waals surface area contributed by atoms with Crippen molar-refractivity contribution >= 4 is 58.9 Å². The van der Waals surface area contributed by atoms with Gasteiger partial charge < -0.3 is 4.57 Å². The molecule has 3 aromatic heterocycles. The molecule has 0 spiro atoms. The van der Waals surface area contributed by atoms with E-state index in [0.29, 0.717) is 29.5 Å². The Morgan fingerprint density at radius 1 is 0.533 bits per heavy atom. The molecule has 1 unspecified atom stereocenters. The van der Waals surface area contributed by atoms with Crippen LogP contribution in [-0.2, 0) is 0 Å². The summed E-state index contributed by atoms with van der Waals surface area (Å²) >= 11 is 1.82.